The Hall–Kier alpha value is -0.880. The summed E-state index contributed by atoms with van der Waals surface area (Å²) in [6.07, 6.45) is 3.68. The van der Waals surface area contributed by atoms with Crippen molar-refractivity contribution >= 4 is 0 Å². The highest BCUT2D eigenvalue weighted by Crippen LogP contribution is 2.33. The van der Waals surface area contributed by atoms with E-state index in [1.807, 2.05) is 6.92 Å². The molecule has 2 fully saturated rings. The monoisotopic (exact) mass is 350 g/mol. The number of rotatable bonds is 6. The van der Waals surface area contributed by atoms with Crippen LogP contribution < -0.4 is 0 Å². The molecule has 0 saturated carbocycles. The normalized spacial score (nSPS) is 29.4. The molecule has 0 N–H and O–H groups in total. The van der Waals surface area contributed by atoms with Crippen LogP contribution in [0.2, 0.25) is 0 Å². The number of aryl methyl sites for hydroxylation is 1. The van der Waals surface area contributed by atoms with Gasteiger partial charge in [-0.05, 0) is 59.0 Å². The minimum Gasteiger partial charge on any atom is -0.466 e. The molecule has 0 bridgehead atoms. The summed E-state index contributed by atoms with van der Waals surface area (Å²) in [7, 11) is 4.23. The van der Waals surface area contributed by atoms with Crippen molar-refractivity contribution in [1.29, 1.82) is 0 Å². The van der Waals surface area contributed by atoms with Gasteiger partial charge in [0, 0.05) is 25.6 Å². The maximum Gasteiger partial charge on any atom is 0.107 e. The van der Waals surface area contributed by atoms with Gasteiger partial charge in [0.1, 0.15) is 17.1 Å². The summed E-state index contributed by atoms with van der Waals surface area (Å²) in [6, 6.07) is 4.16. The third-order valence-corrected chi connectivity index (χ3v) is 5.46. The summed E-state index contributed by atoms with van der Waals surface area (Å²) in [4.78, 5) is 4.74. The second-order valence-electron chi connectivity index (χ2n) is 8.19. The van der Waals surface area contributed by atoms with Crippen molar-refractivity contribution in [2.24, 2.45) is 0 Å². The highest BCUT2D eigenvalue weighted by atomic mass is 16.6. The Kier molecular flexibility index (Phi) is 6.21. The van der Waals surface area contributed by atoms with Gasteiger partial charge in [-0.3, -0.25) is 4.90 Å². The van der Waals surface area contributed by atoms with E-state index in [-0.39, 0.29) is 5.60 Å². The van der Waals surface area contributed by atoms with Crippen molar-refractivity contribution in [1.82, 2.24) is 9.80 Å². The third-order valence-electron chi connectivity index (χ3n) is 5.46. The number of hydrogen-bond donors (Lipinski definition) is 0. The van der Waals surface area contributed by atoms with Crippen LogP contribution in [0.4, 0.5) is 0 Å². The molecule has 2 aliphatic rings. The van der Waals surface area contributed by atoms with Gasteiger partial charge in [0.05, 0.1) is 19.3 Å². The fourth-order valence-corrected chi connectivity index (χ4v) is 4.07. The van der Waals surface area contributed by atoms with Gasteiger partial charge >= 0.3 is 0 Å². The van der Waals surface area contributed by atoms with E-state index in [0.717, 1.165) is 70.2 Å². The van der Waals surface area contributed by atoms with Gasteiger partial charge in [-0.15, -0.1) is 0 Å². The van der Waals surface area contributed by atoms with Crippen LogP contribution in [0, 0.1) is 6.92 Å². The van der Waals surface area contributed by atoms with Gasteiger partial charge in [0.15, 0.2) is 0 Å². The molecule has 0 aromatic carbocycles. The molecule has 3 rings (SSSR count). The predicted molar refractivity (Wildman–Crippen MR) is 99.1 cm³/mol. The van der Waals surface area contributed by atoms with Gasteiger partial charge in [-0.1, -0.05) is 6.92 Å². The van der Waals surface area contributed by atoms with Crippen LogP contribution in [-0.2, 0) is 9.47 Å². The van der Waals surface area contributed by atoms with Crippen LogP contribution in [0.1, 0.15) is 43.6 Å². The zero-order valence-electron chi connectivity index (χ0n) is 16.3. The number of furan rings is 1. The molecule has 1 aromatic rings. The van der Waals surface area contributed by atoms with Crippen LogP contribution in [0.25, 0.3) is 0 Å². The Balaban J connectivity index is 1.53. The molecular weight excluding hydrogens is 316 g/mol. The SMILES string of the molecule is Cc1ccc([C@H](C)CCN2CCOC[C@@]3(CC[C@@H](CN(C)C)O3)C2)o1. The van der Waals surface area contributed by atoms with Crippen molar-refractivity contribution in [3.63, 3.8) is 0 Å². The van der Waals surface area contributed by atoms with E-state index in [0.29, 0.717) is 12.0 Å². The number of likely N-dealkylation sites (N-methyl/N-ethyl adjacent to an activating group) is 1. The fourth-order valence-electron chi connectivity index (χ4n) is 4.07. The summed E-state index contributed by atoms with van der Waals surface area (Å²) in [5, 5.41) is 0. The van der Waals surface area contributed by atoms with Gasteiger partial charge in [0.25, 0.3) is 0 Å². The van der Waals surface area contributed by atoms with Crippen LogP contribution in [0.15, 0.2) is 16.5 Å². The standard InChI is InChI=1S/C20H34N2O3/c1-16(19-6-5-17(2)24-19)8-10-22-11-12-23-15-20(14-22)9-7-18(25-20)13-21(3)4/h5-6,16,18H,7-15H2,1-4H3/t16-,18+,20-/m1/s1. The molecule has 1 spiro atoms. The van der Waals surface area contributed by atoms with Crippen LogP contribution >= 0.6 is 0 Å². The molecule has 25 heavy (non-hydrogen) atoms. The molecular formula is C20H34N2O3. The Morgan fingerprint density at radius 1 is 1.36 bits per heavy atom. The first-order valence-corrected chi connectivity index (χ1v) is 9.65. The Morgan fingerprint density at radius 2 is 2.20 bits per heavy atom. The molecule has 5 nitrogen and oxygen atoms in total. The quantitative estimate of drug-likeness (QED) is 0.789. The second kappa shape index (κ2) is 8.21. The lowest BCUT2D eigenvalue weighted by Gasteiger charge is -2.32. The van der Waals surface area contributed by atoms with Crippen molar-refractivity contribution in [2.45, 2.75) is 50.7 Å². The molecule has 5 heteroatoms. The minimum absolute atomic E-state index is 0.109. The summed E-state index contributed by atoms with van der Waals surface area (Å²) in [5.74, 6) is 2.54. The Morgan fingerprint density at radius 3 is 2.92 bits per heavy atom. The van der Waals surface area contributed by atoms with Crippen LogP contribution in [0.5, 0.6) is 0 Å². The van der Waals surface area contributed by atoms with E-state index in [2.05, 4.69) is 43.0 Å². The largest absolute Gasteiger partial charge is 0.466 e. The Labute approximate surface area is 152 Å². The zero-order chi connectivity index (χ0) is 17.9. The van der Waals surface area contributed by atoms with Crippen molar-refractivity contribution in [3.8, 4) is 0 Å². The van der Waals surface area contributed by atoms with E-state index in [9.17, 15) is 0 Å². The minimum atomic E-state index is -0.109. The van der Waals surface area contributed by atoms with E-state index < -0.39 is 0 Å². The van der Waals surface area contributed by atoms with E-state index in [4.69, 9.17) is 13.9 Å². The third kappa shape index (κ3) is 5.07. The lowest BCUT2D eigenvalue weighted by molar-refractivity contribution is -0.0898. The lowest BCUT2D eigenvalue weighted by atomic mass is 9.99. The molecule has 142 valence electrons. The molecule has 3 heterocycles. The molecule has 3 atom stereocenters. The van der Waals surface area contributed by atoms with Gasteiger partial charge in [-0.2, -0.15) is 0 Å². The van der Waals surface area contributed by atoms with Crippen molar-refractivity contribution in [2.75, 3.05) is 53.5 Å². The molecule has 0 aliphatic carbocycles. The molecule has 0 unspecified atom stereocenters. The van der Waals surface area contributed by atoms with Crippen LogP contribution in [0.3, 0.4) is 0 Å². The van der Waals surface area contributed by atoms with Gasteiger partial charge in [-0.25, -0.2) is 0 Å². The average molecular weight is 351 g/mol. The summed E-state index contributed by atoms with van der Waals surface area (Å²) in [6.45, 7) is 9.84. The summed E-state index contributed by atoms with van der Waals surface area (Å²) in [5.41, 5.74) is -0.109. The fraction of sp³-hybridized carbons (Fsp3) is 0.800. The molecule has 0 amide bonds. The first kappa shape index (κ1) is 18.9. The predicted octanol–water partition coefficient (Wildman–Crippen LogP) is 2.89. The van der Waals surface area contributed by atoms with E-state index in [1.54, 1.807) is 0 Å². The molecule has 0 radical (unpaired) electrons. The lowest BCUT2D eigenvalue weighted by Crippen LogP contribution is -2.45. The molecule has 2 saturated heterocycles. The number of ether oxygens (including phenoxy) is 2. The molecule has 2 aliphatic heterocycles. The van der Waals surface area contributed by atoms with Crippen molar-refractivity contribution < 1.29 is 13.9 Å². The highest BCUT2D eigenvalue weighted by molar-refractivity contribution is 5.09. The van der Waals surface area contributed by atoms with Gasteiger partial charge < -0.3 is 18.8 Å². The average Bonchev–Trinajstić information content (AvgIpc) is 3.09. The van der Waals surface area contributed by atoms with E-state index >= 15 is 0 Å². The maximum absolute atomic E-state index is 6.48. The number of nitrogens with zero attached hydrogens (tertiary/aromatic N) is 2. The second-order valence-corrected chi connectivity index (χ2v) is 8.19. The highest BCUT2D eigenvalue weighted by Gasteiger charge is 2.43. The van der Waals surface area contributed by atoms with Gasteiger partial charge in [0.2, 0.25) is 0 Å². The first-order chi connectivity index (χ1) is 12.0. The molecule has 1 aromatic heterocycles. The van der Waals surface area contributed by atoms with Crippen LogP contribution in [-0.4, -0.2) is 75.0 Å². The van der Waals surface area contributed by atoms with E-state index in [1.165, 1.54) is 0 Å². The summed E-state index contributed by atoms with van der Waals surface area (Å²) < 4.78 is 18.2. The first-order valence-electron chi connectivity index (χ1n) is 9.65. The zero-order valence-corrected chi connectivity index (χ0v) is 16.3. The van der Waals surface area contributed by atoms with Crippen molar-refractivity contribution in [3.05, 3.63) is 23.7 Å². The Bertz CT molecular complexity index is 545. The topological polar surface area (TPSA) is 38.1 Å². The summed E-state index contributed by atoms with van der Waals surface area (Å²) >= 11 is 0. The smallest absolute Gasteiger partial charge is 0.107 e. The number of hydrogen-bond acceptors (Lipinski definition) is 5. The maximum atomic E-state index is 6.48.